The Labute approximate surface area is 186 Å². The Balaban J connectivity index is 2.36. The molecule has 0 aliphatic heterocycles. The van der Waals surface area contributed by atoms with E-state index in [4.69, 9.17) is 4.98 Å². The first-order valence-electron chi connectivity index (χ1n) is 10.1. The third kappa shape index (κ3) is 4.91. The van der Waals surface area contributed by atoms with Gasteiger partial charge in [-0.3, -0.25) is 9.78 Å². The first-order chi connectivity index (χ1) is 15.2. The van der Waals surface area contributed by atoms with Crippen molar-refractivity contribution in [3.8, 4) is 11.1 Å². The van der Waals surface area contributed by atoms with Gasteiger partial charge in [0.15, 0.2) is 0 Å². The molecule has 32 heavy (non-hydrogen) atoms. The molecule has 6 nitrogen and oxygen atoms in total. The standard InChI is InChI=1S/C24H23FNO5P/c1-4-31-20(28)13-19(27)24(32(29)30)22-21(15-9-11-16(25)12-10-15)17-7-5-6-8-18(17)26-23(22)14(2)3/h4-12,14,19,24,27H,1,13H2,2-3H3/p+1. The second-order valence-electron chi connectivity index (χ2n) is 7.64. The Bertz CT molecular complexity index is 1160. The number of esters is 1. The summed E-state index contributed by atoms with van der Waals surface area (Å²) in [6.07, 6.45) is -1.09. The summed E-state index contributed by atoms with van der Waals surface area (Å²) in [4.78, 5) is 26.9. The summed E-state index contributed by atoms with van der Waals surface area (Å²) >= 11 is 0. The van der Waals surface area contributed by atoms with Crippen molar-refractivity contribution in [1.29, 1.82) is 0 Å². The number of aliphatic hydroxyl groups is 1. The largest absolute Gasteiger partial charge is 0.516 e. The monoisotopic (exact) mass is 456 g/mol. The van der Waals surface area contributed by atoms with Gasteiger partial charge in [-0.1, -0.05) is 50.8 Å². The molecule has 3 rings (SSSR count). The predicted octanol–water partition coefficient (Wildman–Crippen LogP) is 5.38. The molecule has 0 aliphatic carbocycles. The van der Waals surface area contributed by atoms with Gasteiger partial charge in [-0.15, -0.1) is 0 Å². The molecule has 0 aliphatic rings. The smallest absolute Gasteiger partial charge is 0.435 e. The van der Waals surface area contributed by atoms with Crippen LogP contribution in [-0.4, -0.2) is 27.1 Å². The summed E-state index contributed by atoms with van der Waals surface area (Å²) in [6.45, 7) is 7.07. The lowest BCUT2D eigenvalue weighted by molar-refractivity contribution is -0.140. The van der Waals surface area contributed by atoms with Crippen LogP contribution < -0.4 is 0 Å². The molecule has 1 aromatic heterocycles. The fourth-order valence-electron chi connectivity index (χ4n) is 3.79. The summed E-state index contributed by atoms with van der Waals surface area (Å²) < 4.78 is 30.9. The summed E-state index contributed by atoms with van der Waals surface area (Å²) in [5.74, 6) is -1.37. The third-order valence-electron chi connectivity index (χ3n) is 5.13. The van der Waals surface area contributed by atoms with E-state index in [1.54, 1.807) is 12.1 Å². The van der Waals surface area contributed by atoms with Gasteiger partial charge in [0.2, 0.25) is 5.66 Å². The maximum Gasteiger partial charge on any atom is 0.516 e. The highest BCUT2D eigenvalue weighted by atomic mass is 31.1. The Morgan fingerprint density at radius 1 is 1.22 bits per heavy atom. The fourth-order valence-corrected chi connectivity index (χ4v) is 4.67. The summed E-state index contributed by atoms with van der Waals surface area (Å²) in [5.41, 5.74) is 1.38. The second kappa shape index (κ2) is 10.1. The Hall–Kier alpha value is -2.99. The van der Waals surface area contributed by atoms with Crippen molar-refractivity contribution >= 4 is 24.9 Å². The fraction of sp³-hybridized carbons (Fsp3) is 0.250. The van der Waals surface area contributed by atoms with Crippen LogP contribution in [0.4, 0.5) is 4.39 Å². The summed E-state index contributed by atoms with van der Waals surface area (Å²) in [5, 5.41) is 11.5. The molecule has 0 fully saturated rings. The van der Waals surface area contributed by atoms with E-state index in [2.05, 4.69) is 11.3 Å². The molecule has 0 amide bonds. The molecule has 2 aromatic carbocycles. The van der Waals surface area contributed by atoms with E-state index in [1.165, 1.54) is 12.1 Å². The van der Waals surface area contributed by atoms with E-state index >= 15 is 0 Å². The Kier molecular flexibility index (Phi) is 7.46. The van der Waals surface area contributed by atoms with Crippen LogP contribution in [0.25, 0.3) is 22.0 Å². The van der Waals surface area contributed by atoms with Gasteiger partial charge in [0, 0.05) is 16.5 Å². The SMILES string of the molecule is C=COC(=O)CC(O)C(c1c(C(C)C)nc2ccccc2c1-c1ccc(F)cc1)[P+](=O)O. The zero-order chi connectivity index (χ0) is 23.4. The molecule has 166 valence electrons. The maximum absolute atomic E-state index is 13.7. The molecule has 3 aromatic rings. The van der Waals surface area contributed by atoms with Crippen molar-refractivity contribution in [2.75, 3.05) is 0 Å². The van der Waals surface area contributed by atoms with Crippen molar-refractivity contribution < 1.29 is 28.5 Å². The van der Waals surface area contributed by atoms with Crippen molar-refractivity contribution in [3.63, 3.8) is 0 Å². The van der Waals surface area contributed by atoms with Crippen LogP contribution in [0.1, 0.15) is 43.1 Å². The first-order valence-corrected chi connectivity index (χ1v) is 11.3. The van der Waals surface area contributed by atoms with E-state index in [0.717, 1.165) is 6.26 Å². The van der Waals surface area contributed by atoms with Crippen LogP contribution in [0.2, 0.25) is 0 Å². The summed E-state index contributed by atoms with van der Waals surface area (Å²) in [7, 11) is -2.98. The molecule has 0 spiro atoms. The van der Waals surface area contributed by atoms with Gasteiger partial charge < -0.3 is 9.84 Å². The van der Waals surface area contributed by atoms with Crippen LogP contribution in [0.3, 0.4) is 0 Å². The lowest BCUT2D eigenvalue weighted by atomic mass is 9.87. The van der Waals surface area contributed by atoms with E-state index in [-0.39, 0.29) is 5.92 Å². The minimum atomic E-state index is -2.98. The lowest BCUT2D eigenvalue weighted by Gasteiger charge is -2.22. The molecule has 3 unspecified atom stereocenters. The number of hydrogen-bond acceptors (Lipinski definition) is 5. The number of pyridine rings is 1. The summed E-state index contributed by atoms with van der Waals surface area (Å²) in [6, 6.07) is 13.0. The lowest BCUT2D eigenvalue weighted by Crippen LogP contribution is -2.23. The van der Waals surface area contributed by atoms with Gasteiger partial charge in [0.25, 0.3) is 0 Å². The van der Waals surface area contributed by atoms with Crippen molar-refractivity contribution in [2.24, 2.45) is 0 Å². The van der Waals surface area contributed by atoms with Crippen LogP contribution in [-0.2, 0) is 14.1 Å². The Morgan fingerprint density at radius 2 is 1.88 bits per heavy atom. The van der Waals surface area contributed by atoms with E-state index in [9.17, 15) is 23.7 Å². The number of carbonyl (C=O) groups excluding carboxylic acids is 1. The molecule has 2 N–H and O–H groups in total. The maximum atomic E-state index is 13.7. The highest BCUT2D eigenvalue weighted by Gasteiger charge is 2.44. The predicted molar refractivity (Wildman–Crippen MR) is 121 cm³/mol. The number of rotatable bonds is 8. The first kappa shape index (κ1) is 23.7. The normalized spacial score (nSPS) is 13.6. The number of benzene rings is 2. The molecular formula is C24H24FNO5P+. The van der Waals surface area contributed by atoms with Crippen LogP contribution >= 0.6 is 8.03 Å². The second-order valence-corrected chi connectivity index (χ2v) is 8.80. The molecule has 0 saturated heterocycles. The van der Waals surface area contributed by atoms with Crippen molar-refractivity contribution in [2.45, 2.75) is 37.9 Å². The molecule has 0 saturated carbocycles. The molecule has 0 radical (unpaired) electrons. The van der Waals surface area contributed by atoms with Crippen molar-refractivity contribution in [1.82, 2.24) is 4.98 Å². The number of para-hydroxylation sites is 1. The number of aromatic nitrogens is 1. The number of carbonyl (C=O) groups is 1. The van der Waals surface area contributed by atoms with Crippen LogP contribution in [0, 0.1) is 5.82 Å². The topological polar surface area (TPSA) is 96.7 Å². The van der Waals surface area contributed by atoms with Crippen LogP contribution in [0.15, 0.2) is 61.4 Å². The van der Waals surface area contributed by atoms with E-state index in [1.807, 2.05) is 38.1 Å². The highest BCUT2D eigenvalue weighted by molar-refractivity contribution is 7.38. The van der Waals surface area contributed by atoms with Gasteiger partial charge in [-0.2, -0.15) is 4.89 Å². The molecule has 3 atom stereocenters. The molecule has 0 bridgehead atoms. The van der Waals surface area contributed by atoms with Gasteiger partial charge in [0.05, 0.1) is 23.9 Å². The average Bonchev–Trinajstić information content (AvgIpc) is 2.73. The third-order valence-corrected chi connectivity index (χ3v) is 6.21. The zero-order valence-corrected chi connectivity index (χ0v) is 18.6. The average molecular weight is 456 g/mol. The van der Waals surface area contributed by atoms with Gasteiger partial charge in [-0.05, 0) is 34.2 Å². The number of ether oxygens (including phenoxy) is 1. The number of halogens is 1. The Morgan fingerprint density at radius 3 is 2.47 bits per heavy atom. The molecule has 1 heterocycles. The van der Waals surface area contributed by atoms with Gasteiger partial charge in [-0.25, -0.2) is 4.39 Å². The number of hydrogen-bond donors (Lipinski definition) is 2. The van der Waals surface area contributed by atoms with Crippen molar-refractivity contribution in [3.05, 3.63) is 78.4 Å². The van der Waals surface area contributed by atoms with Crippen LogP contribution in [0.5, 0.6) is 0 Å². The number of aliphatic hydroxyl groups excluding tert-OH is 1. The number of nitrogens with zero attached hydrogens (tertiary/aromatic N) is 1. The highest BCUT2D eigenvalue weighted by Crippen LogP contribution is 2.49. The van der Waals surface area contributed by atoms with Gasteiger partial charge >= 0.3 is 14.0 Å². The van der Waals surface area contributed by atoms with E-state index in [0.29, 0.717) is 33.3 Å². The minimum absolute atomic E-state index is 0.168. The molecular weight excluding hydrogens is 432 g/mol. The molecule has 8 heteroatoms. The van der Waals surface area contributed by atoms with E-state index < -0.39 is 38.0 Å². The number of fused-ring (bicyclic) bond motifs is 1. The quantitative estimate of drug-likeness (QED) is 0.268. The zero-order valence-electron chi connectivity index (χ0n) is 17.7. The van der Waals surface area contributed by atoms with Gasteiger partial charge in [0.1, 0.15) is 11.9 Å². The minimum Gasteiger partial charge on any atom is -0.435 e.